The van der Waals surface area contributed by atoms with Crippen molar-refractivity contribution < 1.29 is 9.84 Å². The van der Waals surface area contributed by atoms with Crippen LogP contribution in [-0.4, -0.2) is 48.4 Å². The number of aliphatic hydroxyl groups is 1. The summed E-state index contributed by atoms with van der Waals surface area (Å²) in [6.07, 6.45) is -0.580. The zero-order valence-electron chi connectivity index (χ0n) is 18.7. The van der Waals surface area contributed by atoms with Crippen LogP contribution in [0.1, 0.15) is 31.0 Å². The van der Waals surface area contributed by atoms with E-state index in [1.54, 1.807) is 0 Å². The lowest BCUT2D eigenvalue weighted by atomic mass is 9.95. The minimum atomic E-state index is -0.580. The van der Waals surface area contributed by atoms with E-state index in [-0.39, 0.29) is 18.2 Å². The van der Waals surface area contributed by atoms with Gasteiger partial charge in [-0.2, -0.15) is 0 Å². The summed E-state index contributed by atoms with van der Waals surface area (Å²) in [5.74, 6) is 0.772. The fraction of sp³-hybridized carbons (Fsp3) is 0.333. The summed E-state index contributed by atoms with van der Waals surface area (Å²) in [4.78, 5) is 2.37. The zero-order valence-corrected chi connectivity index (χ0v) is 18.7. The third kappa shape index (κ3) is 7.21. The number of benzene rings is 3. The van der Waals surface area contributed by atoms with E-state index in [0.717, 1.165) is 12.3 Å². The van der Waals surface area contributed by atoms with Crippen LogP contribution in [0.5, 0.6) is 5.75 Å². The Morgan fingerprint density at radius 2 is 1.32 bits per heavy atom. The van der Waals surface area contributed by atoms with Gasteiger partial charge in [0, 0.05) is 18.6 Å². The molecule has 0 aliphatic carbocycles. The van der Waals surface area contributed by atoms with Crippen molar-refractivity contribution in [1.82, 2.24) is 10.2 Å². The summed E-state index contributed by atoms with van der Waals surface area (Å²) in [5, 5.41) is 13.9. The van der Waals surface area contributed by atoms with Crippen molar-refractivity contribution in [1.29, 1.82) is 0 Å². The van der Waals surface area contributed by atoms with Crippen molar-refractivity contribution >= 4 is 0 Å². The molecular weight excluding hydrogens is 384 g/mol. The van der Waals surface area contributed by atoms with E-state index in [0.29, 0.717) is 6.54 Å². The molecule has 0 radical (unpaired) electrons. The van der Waals surface area contributed by atoms with Gasteiger partial charge in [0.2, 0.25) is 0 Å². The Morgan fingerprint density at radius 1 is 0.839 bits per heavy atom. The standard InChI is InChI=1S/C27H34N2O2/c1-27(2,28-19-24(30)20-31-25-17-11-6-12-18-25)21-29(3)26(22-13-7-4-8-14-22)23-15-9-5-10-16-23/h4-18,24,26,28,30H,19-21H2,1-3H3. The first-order valence-electron chi connectivity index (χ1n) is 10.9. The van der Waals surface area contributed by atoms with Gasteiger partial charge in [0.25, 0.3) is 0 Å². The minimum absolute atomic E-state index is 0.162. The molecular formula is C27H34N2O2. The van der Waals surface area contributed by atoms with Gasteiger partial charge in [-0.05, 0) is 44.2 Å². The molecule has 0 aromatic heterocycles. The maximum Gasteiger partial charge on any atom is 0.119 e. The number of β-amino-alcohol motifs (C(OH)–C–C–N with tert-alkyl or cyclic N) is 1. The highest BCUT2D eigenvalue weighted by molar-refractivity contribution is 5.31. The molecule has 2 N–H and O–H groups in total. The lowest BCUT2D eigenvalue weighted by Gasteiger charge is -2.37. The second-order valence-corrected chi connectivity index (χ2v) is 8.68. The molecule has 0 saturated carbocycles. The Labute approximate surface area is 186 Å². The summed E-state index contributed by atoms with van der Waals surface area (Å²) in [5.41, 5.74) is 2.34. The summed E-state index contributed by atoms with van der Waals surface area (Å²) in [6, 6.07) is 30.9. The second kappa shape index (κ2) is 11.1. The molecule has 0 saturated heterocycles. The van der Waals surface area contributed by atoms with Crippen molar-refractivity contribution in [2.45, 2.75) is 31.5 Å². The van der Waals surface area contributed by atoms with Crippen molar-refractivity contribution in [3.8, 4) is 5.75 Å². The smallest absolute Gasteiger partial charge is 0.119 e. The first-order chi connectivity index (χ1) is 14.9. The average Bonchev–Trinajstić information content (AvgIpc) is 2.78. The number of ether oxygens (including phenoxy) is 1. The topological polar surface area (TPSA) is 44.7 Å². The van der Waals surface area contributed by atoms with E-state index >= 15 is 0 Å². The highest BCUT2D eigenvalue weighted by Crippen LogP contribution is 2.28. The monoisotopic (exact) mass is 418 g/mol. The number of nitrogens with zero attached hydrogens (tertiary/aromatic N) is 1. The third-order valence-electron chi connectivity index (χ3n) is 5.32. The van der Waals surface area contributed by atoms with Gasteiger partial charge in [0.15, 0.2) is 0 Å². The molecule has 4 heteroatoms. The average molecular weight is 419 g/mol. The molecule has 1 unspecified atom stereocenters. The van der Waals surface area contributed by atoms with Crippen molar-refractivity contribution in [3.05, 3.63) is 102 Å². The van der Waals surface area contributed by atoms with Crippen molar-refractivity contribution in [2.75, 3.05) is 26.7 Å². The maximum absolute atomic E-state index is 10.4. The van der Waals surface area contributed by atoms with Crippen LogP contribution in [0.15, 0.2) is 91.0 Å². The van der Waals surface area contributed by atoms with Crippen LogP contribution in [0, 0.1) is 0 Å². The normalized spacial score (nSPS) is 12.8. The molecule has 3 rings (SSSR count). The van der Waals surface area contributed by atoms with Crippen molar-refractivity contribution in [3.63, 3.8) is 0 Å². The number of likely N-dealkylation sites (N-methyl/N-ethyl adjacent to an activating group) is 1. The van der Waals surface area contributed by atoms with Crippen LogP contribution in [0.4, 0.5) is 0 Å². The van der Waals surface area contributed by atoms with Crippen LogP contribution in [-0.2, 0) is 0 Å². The largest absolute Gasteiger partial charge is 0.491 e. The van der Waals surface area contributed by atoms with Crippen LogP contribution in [0.25, 0.3) is 0 Å². The number of hydrogen-bond acceptors (Lipinski definition) is 4. The molecule has 0 amide bonds. The van der Waals surface area contributed by atoms with Gasteiger partial charge in [0.05, 0.1) is 6.04 Å². The van der Waals surface area contributed by atoms with Gasteiger partial charge in [-0.1, -0.05) is 78.9 Å². The summed E-state index contributed by atoms with van der Waals surface area (Å²) >= 11 is 0. The van der Waals surface area contributed by atoms with E-state index in [9.17, 15) is 5.11 Å². The summed E-state index contributed by atoms with van der Waals surface area (Å²) < 4.78 is 5.67. The van der Waals surface area contributed by atoms with Gasteiger partial charge >= 0.3 is 0 Å². The zero-order chi connectivity index (χ0) is 22.1. The first kappa shape index (κ1) is 23.0. The van der Waals surface area contributed by atoms with Crippen LogP contribution in [0.2, 0.25) is 0 Å². The maximum atomic E-state index is 10.4. The number of rotatable bonds is 11. The minimum Gasteiger partial charge on any atom is -0.491 e. The molecule has 4 nitrogen and oxygen atoms in total. The Hall–Kier alpha value is -2.66. The van der Waals surface area contributed by atoms with Gasteiger partial charge < -0.3 is 15.2 Å². The Kier molecular flexibility index (Phi) is 8.24. The Bertz CT molecular complexity index is 845. The predicted octanol–water partition coefficient (Wildman–Crippen LogP) is 4.52. The van der Waals surface area contributed by atoms with E-state index in [2.05, 4.69) is 91.8 Å². The van der Waals surface area contributed by atoms with Gasteiger partial charge in [-0.25, -0.2) is 0 Å². The fourth-order valence-corrected chi connectivity index (χ4v) is 3.90. The number of nitrogens with one attached hydrogen (secondary N) is 1. The van der Waals surface area contributed by atoms with Crippen molar-refractivity contribution in [2.24, 2.45) is 0 Å². The van der Waals surface area contributed by atoms with Crippen LogP contribution < -0.4 is 10.1 Å². The molecule has 3 aromatic rings. The van der Waals surface area contributed by atoms with Gasteiger partial charge in [-0.15, -0.1) is 0 Å². The molecule has 164 valence electrons. The third-order valence-corrected chi connectivity index (χ3v) is 5.32. The lowest BCUT2D eigenvalue weighted by Crippen LogP contribution is -2.51. The molecule has 0 heterocycles. The predicted molar refractivity (Wildman–Crippen MR) is 127 cm³/mol. The molecule has 0 bridgehead atoms. The Morgan fingerprint density at radius 3 is 1.84 bits per heavy atom. The molecule has 0 aliphatic rings. The molecule has 0 aliphatic heterocycles. The van der Waals surface area contributed by atoms with Gasteiger partial charge in [-0.3, -0.25) is 4.90 Å². The number of para-hydroxylation sites is 1. The summed E-state index contributed by atoms with van der Waals surface area (Å²) in [7, 11) is 2.16. The fourth-order valence-electron chi connectivity index (χ4n) is 3.90. The molecule has 0 spiro atoms. The van der Waals surface area contributed by atoms with E-state index < -0.39 is 6.10 Å². The van der Waals surface area contributed by atoms with Crippen LogP contribution in [0.3, 0.4) is 0 Å². The number of hydrogen-bond donors (Lipinski definition) is 2. The second-order valence-electron chi connectivity index (χ2n) is 8.68. The molecule has 31 heavy (non-hydrogen) atoms. The summed E-state index contributed by atoms with van der Waals surface area (Å²) in [6.45, 7) is 5.88. The van der Waals surface area contributed by atoms with E-state index in [1.807, 2.05) is 30.3 Å². The molecule has 0 fully saturated rings. The molecule has 3 aromatic carbocycles. The van der Waals surface area contributed by atoms with Gasteiger partial charge in [0.1, 0.15) is 18.5 Å². The van der Waals surface area contributed by atoms with Crippen LogP contribution >= 0.6 is 0 Å². The first-order valence-corrected chi connectivity index (χ1v) is 10.9. The highest BCUT2D eigenvalue weighted by atomic mass is 16.5. The Balaban J connectivity index is 1.59. The number of aliphatic hydroxyl groups excluding tert-OH is 1. The quantitative estimate of drug-likeness (QED) is 0.481. The highest BCUT2D eigenvalue weighted by Gasteiger charge is 2.26. The lowest BCUT2D eigenvalue weighted by molar-refractivity contribution is 0.0936. The van der Waals surface area contributed by atoms with E-state index in [1.165, 1.54) is 11.1 Å². The molecule has 1 atom stereocenters. The van der Waals surface area contributed by atoms with E-state index in [4.69, 9.17) is 4.74 Å². The SMILES string of the molecule is CN(CC(C)(C)NCC(O)COc1ccccc1)C(c1ccccc1)c1ccccc1.